The summed E-state index contributed by atoms with van der Waals surface area (Å²) in [7, 11) is 0. The molecular weight excluding hydrogens is 293 g/mol. The molecular formula is C11H13BrOZn. The molecule has 0 radical (unpaired) electrons. The Kier molecular flexibility index (Phi) is 8.11. The van der Waals surface area contributed by atoms with Crippen LogP contribution in [0.4, 0.5) is 0 Å². The van der Waals surface area contributed by atoms with E-state index in [1.54, 1.807) is 6.08 Å². The number of hydrogen-bond acceptors (Lipinski definition) is 1. The van der Waals surface area contributed by atoms with Crippen molar-refractivity contribution in [2.24, 2.45) is 0 Å². The maximum absolute atomic E-state index is 5.38. The van der Waals surface area contributed by atoms with E-state index in [2.05, 4.69) is 26.3 Å². The van der Waals surface area contributed by atoms with Gasteiger partial charge in [-0.3, -0.25) is 0 Å². The second-order valence-electron chi connectivity index (χ2n) is 2.78. The summed E-state index contributed by atoms with van der Waals surface area (Å²) < 4.78 is 5.38. The van der Waals surface area contributed by atoms with Gasteiger partial charge in [0.15, 0.2) is 0 Å². The predicted octanol–water partition coefficient (Wildman–Crippen LogP) is 3.51. The summed E-state index contributed by atoms with van der Waals surface area (Å²) in [5, 5.41) is 0. The Morgan fingerprint density at radius 3 is 2.36 bits per heavy atom. The molecule has 0 fully saturated rings. The molecule has 0 bridgehead atoms. The van der Waals surface area contributed by atoms with E-state index in [1.165, 1.54) is 16.3 Å². The van der Waals surface area contributed by atoms with Gasteiger partial charge in [0.05, 0.1) is 0 Å². The molecule has 1 aromatic carbocycles. The standard InChI is InChI=1S/C11H13O.BrH.Zn/c1-4-5-12-11-7-9(2)6-10(3)8-11;;/h4,7-8H,1,5H2,2-3H3;1H;/q-1;;+2/p-1. The fourth-order valence-electron chi connectivity index (χ4n) is 1.09. The third kappa shape index (κ3) is 5.56. The minimum atomic E-state index is 0.558. The first-order valence-electron chi connectivity index (χ1n) is 4.23. The molecule has 0 aliphatic heterocycles. The zero-order chi connectivity index (χ0) is 11.0. The van der Waals surface area contributed by atoms with Crippen molar-refractivity contribution in [3.8, 4) is 5.75 Å². The van der Waals surface area contributed by atoms with Gasteiger partial charge in [0.25, 0.3) is 0 Å². The molecule has 0 saturated heterocycles. The van der Waals surface area contributed by atoms with Crippen molar-refractivity contribution < 1.29 is 21.1 Å². The van der Waals surface area contributed by atoms with Crippen molar-refractivity contribution in [3.63, 3.8) is 0 Å². The van der Waals surface area contributed by atoms with Crippen molar-refractivity contribution >= 4 is 13.6 Å². The van der Waals surface area contributed by atoms with E-state index in [9.17, 15) is 0 Å². The van der Waals surface area contributed by atoms with E-state index in [4.69, 9.17) is 4.74 Å². The monoisotopic (exact) mass is 304 g/mol. The quantitative estimate of drug-likeness (QED) is 0.472. The van der Waals surface area contributed by atoms with Crippen LogP contribution in [0.5, 0.6) is 5.75 Å². The van der Waals surface area contributed by atoms with Crippen LogP contribution in [0.1, 0.15) is 11.1 Å². The molecule has 14 heavy (non-hydrogen) atoms. The van der Waals surface area contributed by atoms with Crippen LogP contribution in [0, 0.1) is 19.9 Å². The summed E-state index contributed by atoms with van der Waals surface area (Å²) in [6, 6.07) is 7.12. The third-order valence-electron chi connectivity index (χ3n) is 1.48. The van der Waals surface area contributed by atoms with Gasteiger partial charge in [-0.25, -0.2) is 0 Å². The number of rotatable bonds is 3. The first kappa shape index (κ1) is 13.9. The number of benzene rings is 1. The van der Waals surface area contributed by atoms with Gasteiger partial charge in [0, 0.05) is 5.75 Å². The molecule has 0 aliphatic carbocycles. The van der Waals surface area contributed by atoms with Crippen LogP contribution in [0.2, 0.25) is 0 Å². The molecule has 1 rings (SSSR count). The van der Waals surface area contributed by atoms with E-state index in [-0.39, 0.29) is 0 Å². The van der Waals surface area contributed by atoms with E-state index >= 15 is 0 Å². The Bertz CT molecular complexity index is 266. The normalized spacial score (nSPS) is 8.64. The summed E-state index contributed by atoms with van der Waals surface area (Å²) in [4.78, 5) is 0. The molecule has 0 spiro atoms. The molecule has 72 valence electrons. The Balaban J connectivity index is 0.000000791. The zero-order valence-corrected chi connectivity index (χ0v) is 13.2. The van der Waals surface area contributed by atoms with Crippen LogP contribution >= 0.6 is 13.6 Å². The predicted molar refractivity (Wildman–Crippen MR) is 59.4 cm³/mol. The summed E-state index contributed by atoms with van der Waals surface area (Å²) in [5.74, 6) is 0.892. The molecule has 0 unspecified atom stereocenters. The molecule has 3 heteroatoms. The molecule has 0 atom stereocenters. The molecule has 0 aromatic heterocycles. The average Bonchev–Trinajstić information content (AvgIpc) is 2.16. The number of aryl methyl sites for hydroxylation is 2. The van der Waals surface area contributed by atoms with Crippen LogP contribution in [-0.2, 0) is 16.3 Å². The number of ether oxygens (including phenoxy) is 1. The molecule has 1 nitrogen and oxygen atoms in total. The van der Waals surface area contributed by atoms with Gasteiger partial charge in [0.2, 0.25) is 0 Å². The summed E-state index contributed by atoms with van der Waals surface area (Å²) in [6.45, 7) is 8.16. The maximum atomic E-state index is 5.38. The topological polar surface area (TPSA) is 9.23 Å². The van der Waals surface area contributed by atoms with Crippen molar-refractivity contribution in [1.29, 1.82) is 0 Å². The Hall–Kier alpha value is -0.137. The van der Waals surface area contributed by atoms with Crippen molar-refractivity contribution in [1.82, 2.24) is 0 Å². The molecule has 0 amide bonds. The minimum absolute atomic E-state index is 0.558. The van der Waals surface area contributed by atoms with Crippen LogP contribution in [0.15, 0.2) is 24.8 Å². The van der Waals surface area contributed by atoms with Crippen LogP contribution in [0.25, 0.3) is 0 Å². The molecule has 0 N–H and O–H groups in total. The molecule has 0 heterocycles. The van der Waals surface area contributed by atoms with E-state index in [1.807, 2.05) is 26.0 Å². The Morgan fingerprint density at radius 2 is 1.93 bits per heavy atom. The molecule has 0 saturated carbocycles. The first-order valence-corrected chi connectivity index (χ1v) is 11.2. The first-order chi connectivity index (χ1) is 6.72. The summed E-state index contributed by atoms with van der Waals surface area (Å²) in [6.07, 6.45) is 1.74. The van der Waals surface area contributed by atoms with E-state index in [0.29, 0.717) is 6.61 Å². The number of halogens is 1. The second-order valence-corrected chi connectivity index (χ2v) is 2.78. The fraction of sp³-hybridized carbons (Fsp3) is 0.273. The van der Waals surface area contributed by atoms with Gasteiger partial charge in [0.1, 0.15) is 6.61 Å². The van der Waals surface area contributed by atoms with Crippen molar-refractivity contribution in [3.05, 3.63) is 42.0 Å². The van der Waals surface area contributed by atoms with Gasteiger partial charge in [-0.2, -0.15) is 17.2 Å². The SMILES string of the molecule is C=CCOc1cc(C)[c-]c(C)c1.[Zn+][Br]. The zero-order valence-electron chi connectivity index (χ0n) is 8.64. The third-order valence-corrected chi connectivity index (χ3v) is 1.48. The van der Waals surface area contributed by atoms with Gasteiger partial charge in [-0.15, -0.1) is 12.1 Å². The van der Waals surface area contributed by atoms with Crippen LogP contribution < -0.4 is 4.74 Å². The second kappa shape index (κ2) is 8.19. The van der Waals surface area contributed by atoms with Crippen molar-refractivity contribution in [2.45, 2.75) is 13.8 Å². The molecule has 1 aromatic rings. The van der Waals surface area contributed by atoms with Gasteiger partial charge in [-0.1, -0.05) is 26.5 Å². The van der Waals surface area contributed by atoms with Gasteiger partial charge < -0.3 is 4.74 Å². The van der Waals surface area contributed by atoms with E-state index in [0.717, 1.165) is 16.9 Å². The average molecular weight is 307 g/mol. The van der Waals surface area contributed by atoms with Gasteiger partial charge >= 0.3 is 30.0 Å². The van der Waals surface area contributed by atoms with E-state index < -0.39 is 0 Å². The summed E-state index contributed by atoms with van der Waals surface area (Å²) >= 11 is 4.25. The Morgan fingerprint density at radius 1 is 1.43 bits per heavy atom. The molecule has 0 aliphatic rings. The fourth-order valence-corrected chi connectivity index (χ4v) is 1.09. The van der Waals surface area contributed by atoms with Crippen molar-refractivity contribution in [2.75, 3.05) is 6.61 Å². The Labute approximate surface area is 103 Å². The number of hydrogen-bond donors (Lipinski definition) is 0. The van der Waals surface area contributed by atoms with Crippen LogP contribution in [-0.4, -0.2) is 6.61 Å². The van der Waals surface area contributed by atoms with Crippen LogP contribution in [0.3, 0.4) is 0 Å². The van der Waals surface area contributed by atoms with Gasteiger partial charge in [-0.05, 0) is 0 Å². The summed E-state index contributed by atoms with van der Waals surface area (Å²) in [5.41, 5.74) is 2.21.